The van der Waals surface area contributed by atoms with Gasteiger partial charge in [0.05, 0.1) is 11.8 Å². The lowest BCUT2D eigenvalue weighted by atomic mass is 9.63. The van der Waals surface area contributed by atoms with Gasteiger partial charge in [0, 0.05) is 0 Å². The van der Waals surface area contributed by atoms with Crippen molar-refractivity contribution < 1.29 is 44.6 Å². The maximum absolute atomic E-state index is 13.0. The summed E-state index contributed by atoms with van der Waals surface area (Å²) in [6.07, 6.45) is -15.1. The summed E-state index contributed by atoms with van der Waals surface area (Å²) < 4.78 is 111. The first-order valence-corrected chi connectivity index (χ1v) is 4.80. The van der Waals surface area contributed by atoms with Crippen LogP contribution >= 0.6 is 0 Å². The molecule has 0 N–H and O–H groups in total. The van der Waals surface area contributed by atoms with Crippen LogP contribution in [0.1, 0.15) is 0 Å². The van der Waals surface area contributed by atoms with Gasteiger partial charge >= 0.3 is 24.1 Å². The van der Waals surface area contributed by atoms with Gasteiger partial charge in [-0.1, -0.05) is 0 Å². The van der Waals surface area contributed by atoms with Gasteiger partial charge < -0.3 is 4.74 Å². The Morgan fingerprint density at radius 2 is 0.944 bits per heavy atom. The quantitative estimate of drug-likeness (QED) is 0.636. The van der Waals surface area contributed by atoms with Crippen molar-refractivity contribution in [1.82, 2.24) is 0 Å². The van der Waals surface area contributed by atoms with E-state index in [-0.39, 0.29) is 0 Å². The second-order valence-electron chi connectivity index (χ2n) is 4.50. The monoisotopic (exact) mass is 284 g/mol. The van der Waals surface area contributed by atoms with Crippen molar-refractivity contribution in [3.8, 4) is 0 Å². The van der Waals surface area contributed by atoms with Crippen LogP contribution in [-0.2, 0) is 9.47 Å². The van der Waals surface area contributed by atoms with Crippen LogP contribution in [0, 0.1) is 11.8 Å². The molecule has 104 valence electrons. The number of fused-ring (bicyclic) bond motifs is 5. The molecule has 1 saturated carbocycles. The van der Waals surface area contributed by atoms with Gasteiger partial charge in [-0.3, -0.25) is 4.74 Å². The van der Waals surface area contributed by atoms with Crippen LogP contribution in [0.15, 0.2) is 0 Å². The Morgan fingerprint density at radius 3 is 1.28 bits per heavy atom. The van der Waals surface area contributed by atoms with E-state index in [1.54, 1.807) is 0 Å². The molecule has 3 fully saturated rings. The van der Waals surface area contributed by atoms with Crippen LogP contribution in [0.4, 0.5) is 35.1 Å². The second kappa shape index (κ2) is 2.77. The van der Waals surface area contributed by atoms with Gasteiger partial charge in [0.1, 0.15) is 0 Å². The fourth-order valence-electron chi connectivity index (χ4n) is 2.76. The predicted molar refractivity (Wildman–Crippen MR) is 36.5 cm³/mol. The summed E-state index contributed by atoms with van der Waals surface area (Å²) in [5.41, 5.74) is 0. The number of rotatable bonds is 0. The number of hydrogen-bond acceptors (Lipinski definition) is 2. The third-order valence-electron chi connectivity index (χ3n) is 3.55. The highest BCUT2D eigenvalue weighted by Gasteiger charge is 2.91. The number of ether oxygens (including phenoxy) is 2. The lowest BCUT2D eigenvalue weighted by molar-refractivity contribution is -0.458. The van der Waals surface area contributed by atoms with E-state index in [9.17, 15) is 35.1 Å². The van der Waals surface area contributed by atoms with Crippen molar-refractivity contribution in [3.63, 3.8) is 0 Å². The van der Waals surface area contributed by atoms with E-state index in [1.807, 2.05) is 0 Å². The van der Waals surface area contributed by atoms with Crippen LogP contribution in [0.5, 0.6) is 0 Å². The highest BCUT2D eigenvalue weighted by Crippen LogP contribution is 2.70. The fraction of sp³-hybridized carbons (Fsp3) is 1.00. The maximum atomic E-state index is 13.0. The molecule has 2 aliphatic heterocycles. The summed E-state index contributed by atoms with van der Waals surface area (Å²) in [7, 11) is 0. The van der Waals surface area contributed by atoms with Gasteiger partial charge in [-0.15, -0.1) is 0 Å². The van der Waals surface area contributed by atoms with Gasteiger partial charge in [0.15, 0.2) is 12.2 Å². The van der Waals surface area contributed by atoms with Gasteiger partial charge in [0.25, 0.3) is 0 Å². The zero-order chi connectivity index (χ0) is 13.7. The Kier molecular flexibility index (Phi) is 1.90. The van der Waals surface area contributed by atoms with E-state index in [4.69, 9.17) is 0 Å². The molecule has 2 heterocycles. The van der Waals surface area contributed by atoms with Gasteiger partial charge in [-0.2, -0.15) is 35.1 Å². The molecule has 10 heteroatoms. The van der Waals surface area contributed by atoms with Gasteiger partial charge in [-0.05, 0) is 0 Å². The summed E-state index contributed by atoms with van der Waals surface area (Å²) in [4.78, 5) is 0. The third kappa shape index (κ3) is 1.07. The average Bonchev–Trinajstić information content (AvgIpc) is 2.52. The molecule has 2 nitrogen and oxygen atoms in total. The summed E-state index contributed by atoms with van der Waals surface area (Å²) in [6, 6.07) is 0. The summed E-state index contributed by atoms with van der Waals surface area (Å²) in [5.74, 6) is -15.0. The molecule has 0 aromatic carbocycles. The smallest absolute Gasteiger partial charge is 0.356 e. The number of halogens is 8. The molecular weight excluding hydrogens is 280 g/mol. The van der Waals surface area contributed by atoms with Crippen molar-refractivity contribution >= 4 is 0 Å². The predicted octanol–water partition coefficient (Wildman–Crippen LogP) is 2.49. The van der Waals surface area contributed by atoms with E-state index in [2.05, 4.69) is 9.47 Å². The van der Waals surface area contributed by atoms with Gasteiger partial charge in [0.2, 0.25) is 0 Å². The van der Waals surface area contributed by atoms with E-state index in [0.29, 0.717) is 0 Å². The first-order chi connectivity index (χ1) is 7.93. The van der Waals surface area contributed by atoms with Crippen molar-refractivity contribution in [1.29, 1.82) is 0 Å². The van der Waals surface area contributed by atoms with Crippen molar-refractivity contribution in [2.75, 3.05) is 0 Å². The standard InChI is InChI=1S/C8H4F8O2/c9-5(10)1-2(6(5,11)12)4-8(15,16)18-7(13,14)3(1)17-4/h1-4H/t1-,2+,3-,4+. The molecule has 0 radical (unpaired) electrons. The molecule has 0 aromatic rings. The van der Waals surface area contributed by atoms with Crippen molar-refractivity contribution in [2.45, 2.75) is 36.3 Å². The minimum Gasteiger partial charge on any atom is -0.356 e. The van der Waals surface area contributed by atoms with Crippen LogP contribution in [0.25, 0.3) is 0 Å². The zero-order valence-electron chi connectivity index (χ0n) is 8.15. The molecule has 1 aliphatic carbocycles. The third-order valence-corrected chi connectivity index (χ3v) is 3.55. The molecule has 2 saturated heterocycles. The first-order valence-electron chi connectivity index (χ1n) is 4.80. The molecule has 0 spiro atoms. The maximum Gasteiger partial charge on any atom is 0.386 e. The second-order valence-corrected chi connectivity index (χ2v) is 4.50. The van der Waals surface area contributed by atoms with Crippen LogP contribution in [0.3, 0.4) is 0 Å². The lowest BCUT2D eigenvalue weighted by Gasteiger charge is -2.48. The Balaban J connectivity index is 2.08. The molecule has 4 atom stereocenters. The first kappa shape index (κ1) is 12.4. The highest BCUT2D eigenvalue weighted by molar-refractivity contribution is 5.21. The molecule has 0 aromatic heterocycles. The SMILES string of the molecule is FC1(F)OC(F)(F)[C@H]2O[C@@H]1[C@H]1[C@@H]2C(F)(F)C1(F)F. The lowest BCUT2D eigenvalue weighted by Crippen LogP contribution is -2.69. The zero-order valence-corrected chi connectivity index (χ0v) is 8.15. The Labute approximate surface area is 93.8 Å². The molecule has 18 heavy (non-hydrogen) atoms. The molecular formula is C8H4F8O2. The van der Waals surface area contributed by atoms with E-state index < -0.39 is 48.1 Å². The van der Waals surface area contributed by atoms with Gasteiger partial charge in [-0.25, -0.2) is 0 Å². The van der Waals surface area contributed by atoms with Crippen LogP contribution in [0.2, 0.25) is 0 Å². The summed E-state index contributed by atoms with van der Waals surface area (Å²) >= 11 is 0. The van der Waals surface area contributed by atoms with Crippen LogP contribution in [-0.4, -0.2) is 36.3 Å². The topological polar surface area (TPSA) is 18.5 Å². The Morgan fingerprint density at radius 1 is 0.611 bits per heavy atom. The van der Waals surface area contributed by atoms with Crippen molar-refractivity contribution in [2.24, 2.45) is 11.8 Å². The number of hydrogen-bond donors (Lipinski definition) is 0. The molecule has 2 bridgehead atoms. The van der Waals surface area contributed by atoms with Crippen molar-refractivity contribution in [3.05, 3.63) is 0 Å². The van der Waals surface area contributed by atoms with E-state index in [0.717, 1.165) is 0 Å². The van der Waals surface area contributed by atoms with Crippen LogP contribution < -0.4 is 0 Å². The highest BCUT2D eigenvalue weighted by atomic mass is 19.3. The molecule has 0 amide bonds. The fourth-order valence-corrected chi connectivity index (χ4v) is 2.76. The minimum atomic E-state index is -4.82. The normalized spacial score (nSPS) is 49.3. The summed E-state index contributed by atoms with van der Waals surface area (Å²) in [5, 5.41) is 0. The Hall–Kier alpha value is -0.640. The van der Waals surface area contributed by atoms with E-state index >= 15 is 0 Å². The summed E-state index contributed by atoms with van der Waals surface area (Å²) in [6.45, 7) is 0. The average molecular weight is 284 g/mol. The van der Waals surface area contributed by atoms with E-state index in [1.165, 1.54) is 0 Å². The molecule has 3 aliphatic rings. The number of alkyl halides is 8. The Bertz CT molecular complexity index is 372. The molecule has 0 unspecified atom stereocenters. The minimum absolute atomic E-state index is 2.68. The molecule has 3 rings (SSSR count). The largest absolute Gasteiger partial charge is 0.386 e.